The van der Waals surface area contributed by atoms with E-state index in [2.05, 4.69) is 32.2 Å². The van der Waals surface area contributed by atoms with Crippen LogP contribution < -0.4 is 15.5 Å². The van der Waals surface area contributed by atoms with Crippen molar-refractivity contribution in [3.05, 3.63) is 41.9 Å². The number of alkyl halides is 3. The van der Waals surface area contributed by atoms with Crippen molar-refractivity contribution >= 4 is 28.6 Å². The minimum Gasteiger partial charge on any atom is -0.392 e. The molecule has 1 aliphatic rings. The van der Waals surface area contributed by atoms with E-state index in [1.807, 2.05) is 39.1 Å². The molecule has 0 saturated carbocycles. The molecule has 1 atom stereocenters. The Labute approximate surface area is 214 Å². The molecule has 37 heavy (non-hydrogen) atoms. The number of fused-ring (bicyclic) bond motifs is 1. The first-order valence-electron chi connectivity index (χ1n) is 12.4. The highest BCUT2D eigenvalue weighted by atomic mass is 19.4. The van der Waals surface area contributed by atoms with Crippen molar-refractivity contribution in [1.82, 2.24) is 30.0 Å². The number of ether oxygens (including phenoxy) is 1. The smallest absolute Gasteiger partial charge is 0.392 e. The van der Waals surface area contributed by atoms with Crippen LogP contribution in [0, 0.1) is 12.8 Å². The molecule has 4 heterocycles. The number of nitrogens with one attached hydrogen (secondary N) is 2. The summed E-state index contributed by atoms with van der Waals surface area (Å²) in [5.74, 6) is 1.94. The maximum absolute atomic E-state index is 12.6. The third kappa shape index (κ3) is 6.48. The van der Waals surface area contributed by atoms with Gasteiger partial charge < -0.3 is 20.3 Å². The molecule has 0 amide bonds. The van der Waals surface area contributed by atoms with Crippen molar-refractivity contribution in [2.45, 2.75) is 45.8 Å². The molecule has 1 aliphatic heterocycles. The molecule has 0 bridgehead atoms. The molecule has 4 rings (SSSR count). The molecule has 9 nitrogen and oxygen atoms in total. The lowest BCUT2D eigenvalue weighted by atomic mass is 9.95. The highest BCUT2D eigenvalue weighted by Gasteiger charge is 2.28. The van der Waals surface area contributed by atoms with E-state index >= 15 is 0 Å². The number of hydrogen-bond donors (Lipinski definition) is 2. The Bertz CT molecular complexity index is 1240. The number of aryl methyl sites for hydroxylation is 2. The number of piperidine rings is 1. The quantitative estimate of drug-likeness (QED) is 0.383. The van der Waals surface area contributed by atoms with Crippen LogP contribution in [0.25, 0.3) is 11.0 Å². The molecule has 12 heteroatoms. The SMILES string of the molecule is C=C(NC)C1CCCN(c2nc(Nc3cccc(C)n3)c3c(n2)c(CC)nn3CCOCC(F)(F)F)C1. The topological polar surface area (TPSA) is 93.0 Å². The van der Waals surface area contributed by atoms with Crippen molar-refractivity contribution in [2.75, 3.05) is 43.6 Å². The van der Waals surface area contributed by atoms with Crippen molar-refractivity contribution in [1.29, 1.82) is 0 Å². The van der Waals surface area contributed by atoms with E-state index in [-0.39, 0.29) is 19.1 Å². The average Bonchev–Trinajstić information content (AvgIpc) is 3.23. The summed E-state index contributed by atoms with van der Waals surface area (Å²) in [4.78, 5) is 16.5. The lowest BCUT2D eigenvalue weighted by molar-refractivity contribution is -0.174. The van der Waals surface area contributed by atoms with Crippen molar-refractivity contribution in [3.63, 3.8) is 0 Å². The number of aromatic nitrogens is 5. The molecule has 3 aromatic rings. The second kappa shape index (κ2) is 11.3. The second-order valence-corrected chi connectivity index (χ2v) is 9.11. The van der Waals surface area contributed by atoms with E-state index in [1.54, 1.807) is 4.68 Å². The molecule has 0 spiro atoms. The van der Waals surface area contributed by atoms with Gasteiger partial charge in [-0.25, -0.2) is 9.97 Å². The Hall–Kier alpha value is -3.41. The average molecular weight is 519 g/mol. The lowest BCUT2D eigenvalue weighted by Gasteiger charge is -2.33. The zero-order valence-electron chi connectivity index (χ0n) is 21.4. The van der Waals surface area contributed by atoms with Gasteiger partial charge in [0, 0.05) is 37.4 Å². The van der Waals surface area contributed by atoms with E-state index in [1.165, 1.54) is 0 Å². The van der Waals surface area contributed by atoms with Crippen LogP contribution in [0.15, 0.2) is 30.5 Å². The van der Waals surface area contributed by atoms with Crippen LogP contribution in [0.5, 0.6) is 0 Å². The molecule has 0 aliphatic carbocycles. The summed E-state index contributed by atoms with van der Waals surface area (Å²) in [5, 5.41) is 11.1. The van der Waals surface area contributed by atoms with Gasteiger partial charge in [-0.05, 0) is 38.3 Å². The largest absolute Gasteiger partial charge is 0.411 e. The van der Waals surface area contributed by atoms with Crippen molar-refractivity contribution in [3.8, 4) is 0 Å². The van der Waals surface area contributed by atoms with E-state index in [0.717, 1.165) is 43.0 Å². The van der Waals surface area contributed by atoms with Gasteiger partial charge in [0.15, 0.2) is 5.82 Å². The van der Waals surface area contributed by atoms with Gasteiger partial charge >= 0.3 is 6.18 Å². The standard InChI is InChI=1S/C25H33F3N8O/c1-5-19-21-22(36(34-19)12-13-37-15-25(26,27)28)23(31-20-10-6-8-16(2)30-20)33-24(32-21)35-11-7-9-18(14-35)17(3)29-4/h6,8,10,18,29H,3,5,7,9,11-15H2,1-2,4H3,(H,30,31,32,33). The first kappa shape index (κ1) is 26.6. The molecule has 3 aromatic heterocycles. The third-order valence-electron chi connectivity index (χ3n) is 6.35. The van der Waals surface area contributed by atoms with Gasteiger partial charge in [-0.1, -0.05) is 19.6 Å². The van der Waals surface area contributed by atoms with E-state index in [0.29, 0.717) is 35.0 Å². The van der Waals surface area contributed by atoms with Gasteiger partial charge in [-0.15, -0.1) is 0 Å². The van der Waals surface area contributed by atoms with Gasteiger partial charge in [0.25, 0.3) is 0 Å². The Morgan fingerprint density at radius 1 is 1.24 bits per heavy atom. The minimum absolute atomic E-state index is 0.124. The van der Waals surface area contributed by atoms with Crippen molar-refractivity contribution < 1.29 is 17.9 Å². The molecule has 0 radical (unpaired) electrons. The minimum atomic E-state index is -4.38. The maximum atomic E-state index is 12.6. The van der Waals surface area contributed by atoms with Gasteiger partial charge in [0.05, 0.1) is 18.8 Å². The first-order chi connectivity index (χ1) is 17.7. The number of nitrogens with zero attached hydrogens (tertiary/aromatic N) is 6. The summed E-state index contributed by atoms with van der Waals surface area (Å²) in [6, 6.07) is 5.62. The van der Waals surface area contributed by atoms with Crippen LogP contribution in [0.1, 0.15) is 31.2 Å². The van der Waals surface area contributed by atoms with Crippen LogP contribution in [0.3, 0.4) is 0 Å². The molecule has 2 N–H and O–H groups in total. The third-order valence-corrected chi connectivity index (χ3v) is 6.35. The molecule has 200 valence electrons. The van der Waals surface area contributed by atoms with Crippen LogP contribution in [-0.2, 0) is 17.7 Å². The Morgan fingerprint density at radius 3 is 2.76 bits per heavy atom. The molecule has 0 aromatic carbocycles. The number of rotatable bonds is 10. The molecule has 1 unspecified atom stereocenters. The fourth-order valence-electron chi connectivity index (χ4n) is 4.48. The maximum Gasteiger partial charge on any atom is 0.411 e. The fourth-order valence-corrected chi connectivity index (χ4v) is 4.48. The van der Waals surface area contributed by atoms with Crippen molar-refractivity contribution in [2.24, 2.45) is 5.92 Å². The van der Waals surface area contributed by atoms with Crippen LogP contribution >= 0.6 is 0 Å². The predicted octanol–water partition coefficient (Wildman–Crippen LogP) is 4.36. The summed E-state index contributed by atoms with van der Waals surface area (Å²) in [5.41, 5.74) is 3.82. The Morgan fingerprint density at radius 2 is 2.05 bits per heavy atom. The fraction of sp³-hybridized carbons (Fsp3) is 0.520. The summed E-state index contributed by atoms with van der Waals surface area (Å²) < 4.78 is 44.1. The number of pyridine rings is 1. The number of anilines is 3. The zero-order chi connectivity index (χ0) is 26.6. The molecule has 1 fully saturated rings. The summed E-state index contributed by atoms with van der Waals surface area (Å²) in [6.45, 7) is 8.21. The van der Waals surface area contributed by atoms with Gasteiger partial charge in [-0.3, -0.25) is 4.68 Å². The van der Waals surface area contributed by atoms with Gasteiger partial charge in [0.2, 0.25) is 5.95 Å². The number of halogens is 3. The monoisotopic (exact) mass is 518 g/mol. The lowest BCUT2D eigenvalue weighted by Crippen LogP contribution is -2.38. The zero-order valence-corrected chi connectivity index (χ0v) is 21.4. The van der Waals surface area contributed by atoms with E-state index in [9.17, 15) is 13.2 Å². The van der Waals surface area contributed by atoms with Crippen LogP contribution in [0.2, 0.25) is 0 Å². The molecule has 1 saturated heterocycles. The summed E-state index contributed by atoms with van der Waals surface area (Å²) >= 11 is 0. The van der Waals surface area contributed by atoms with Gasteiger partial charge in [-0.2, -0.15) is 23.3 Å². The normalized spacial score (nSPS) is 16.3. The Kier molecular flexibility index (Phi) is 8.16. The van der Waals surface area contributed by atoms with Crippen LogP contribution in [0.4, 0.5) is 30.8 Å². The first-order valence-corrected chi connectivity index (χ1v) is 12.4. The molecular weight excluding hydrogens is 485 g/mol. The molecular formula is C25H33F3N8O. The Balaban J connectivity index is 1.73. The van der Waals surface area contributed by atoms with Crippen LogP contribution in [-0.4, -0.2) is 64.3 Å². The highest BCUT2D eigenvalue weighted by Crippen LogP contribution is 2.31. The summed E-state index contributed by atoms with van der Waals surface area (Å²) in [7, 11) is 1.88. The predicted molar refractivity (Wildman–Crippen MR) is 137 cm³/mol. The van der Waals surface area contributed by atoms with Gasteiger partial charge in [0.1, 0.15) is 23.5 Å². The highest BCUT2D eigenvalue weighted by molar-refractivity contribution is 5.90. The summed E-state index contributed by atoms with van der Waals surface area (Å²) in [6.07, 6.45) is -1.77. The second-order valence-electron chi connectivity index (χ2n) is 9.11. The number of hydrogen-bond acceptors (Lipinski definition) is 8. The van der Waals surface area contributed by atoms with E-state index in [4.69, 9.17) is 14.7 Å². The van der Waals surface area contributed by atoms with E-state index < -0.39 is 12.8 Å².